The molecule has 2 aromatic heterocycles. The molecular weight excluding hydrogens is 633 g/mol. The van der Waals surface area contributed by atoms with E-state index < -0.39 is 0 Å². The first kappa shape index (κ1) is 29.9. The molecule has 0 saturated heterocycles. The maximum Gasteiger partial charge on any atom is 0.137 e. The van der Waals surface area contributed by atoms with E-state index in [1.165, 1.54) is 33.0 Å². The Bertz CT molecular complexity index is 2900. The fourth-order valence-electron chi connectivity index (χ4n) is 7.52. The average Bonchev–Trinajstić information content (AvgIpc) is 3.57. The second-order valence-corrected chi connectivity index (χ2v) is 13.2. The number of anilines is 3. The third-order valence-electron chi connectivity index (χ3n) is 10.1. The van der Waals surface area contributed by atoms with Crippen molar-refractivity contribution in [2.45, 2.75) is 0 Å². The highest BCUT2D eigenvalue weighted by Crippen LogP contribution is 2.41. The van der Waals surface area contributed by atoms with Gasteiger partial charge in [-0.05, 0) is 98.8 Å². The molecule has 0 unspecified atom stereocenters. The zero-order chi connectivity index (χ0) is 34.4. The van der Waals surface area contributed by atoms with E-state index in [-0.39, 0.29) is 0 Å². The molecule has 10 aromatic rings. The number of fused-ring (bicyclic) bond motifs is 5. The molecule has 10 rings (SSSR count). The molecule has 0 aliphatic carbocycles. The van der Waals surface area contributed by atoms with E-state index in [0.717, 1.165) is 61.0 Å². The van der Waals surface area contributed by atoms with E-state index in [4.69, 9.17) is 4.42 Å². The molecule has 0 spiro atoms. The minimum atomic E-state index is 0.838. The molecule has 244 valence electrons. The summed E-state index contributed by atoms with van der Waals surface area (Å²) < 4.78 is 6.37. The van der Waals surface area contributed by atoms with Crippen molar-refractivity contribution in [1.29, 1.82) is 0 Å². The third kappa shape index (κ3) is 5.28. The van der Waals surface area contributed by atoms with E-state index in [2.05, 4.69) is 186 Å². The molecule has 0 radical (unpaired) electrons. The van der Waals surface area contributed by atoms with Gasteiger partial charge in [-0.25, -0.2) is 0 Å². The van der Waals surface area contributed by atoms with Gasteiger partial charge in [0.2, 0.25) is 0 Å². The van der Waals surface area contributed by atoms with Crippen LogP contribution in [0.5, 0.6) is 0 Å². The van der Waals surface area contributed by atoms with Crippen LogP contribution >= 0.6 is 0 Å². The van der Waals surface area contributed by atoms with Crippen molar-refractivity contribution in [1.82, 2.24) is 4.98 Å². The summed E-state index contributed by atoms with van der Waals surface area (Å²) in [4.78, 5) is 6.91. The summed E-state index contributed by atoms with van der Waals surface area (Å²) in [6.07, 6.45) is 1.82. The number of hydrogen-bond acceptors (Lipinski definition) is 3. The Labute approximate surface area is 301 Å². The fraction of sp³-hybridized carbons (Fsp3) is 0. The van der Waals surface area contributed by atoms with Gasteiger partial charge in [0.05, 0.1) is 5.52 Å². The van der Waals surface area contributed by atoms with Crippen molar-refractivity contribution in [2.24, 2.45) is 0 Å². The normalized spacial score (nSPS) is 11.5. The van der Waals surface area contributed by atoms with Gasteiger partial charge in [0.25, 0.3) is 0 Å². The number of hydrogen-bond donors (Lipinski definition) is 0. The first-order valence-electron chi connectivity index (χ1n) is 17.6. The fourth-order valence-corrected chi connectivity index (χ4v) is 7.52. The molecule has 0 aliphatic heterocycles. The van der Waals surface area contributed by atoms with Crippen LogP contribution in [0.25, 0.3) is 77.0 Å². The predicted octanol–water partition coefficient (Wildman–Crippen LogP) is 13.8. The lowest BCUT2D eigenvalue weighted by Crippen LogP contribution is -2.10. The van der Waals surface area contributed by atoms with E-state index in [1.54, 1.807) is 0 Å². The van der Waals surface area contributed by atoms with Crippen LogP contribution in [-0.4, -0.2) is 4.98 Å². The van der Waals surface area contributed by atoms with E-state index in [9.17, 15) is 0 Å². The van der Waals surface area contributed by atoms with E-state index >= 15 is 0 Å². The number of benzene rings is 8. The van der Waals surface area contributed by atoms with Crippen molar-refractivity contribution in [3.05, 3.63) is 194 Å². The van der Waals surface area contributed by atoms with Crippen molar-refractivity contribution in [2.75, 3.05) is 4.90 Å². The lowest BCUT2D eigenvalue weighted by atomic mass is 9.96. The molecular formula is C49H32N2O. The van der Waals surface area contributed by atoms with E-state index in [1.807, 2.05) is 18.3 Å². The lowest BCUT2D eigenvalue weighted by molar-refractivity contribution is 0.669. The predicted molar refractivity (Wildman–Crippen MR) is 218 cm³/mol. The Morgan fingerprint density at radius 1 is 0.365 bits per heavy atom. The summed E-state index contributed by atoms with van der Waals surface area (Å²) in [6.45, 7) is 0. The van der Waals surface area contributed by atoms with Gasteiger partial charge in [-0.1, -0.05) is 127 Å². The number of nitrogens with zero attached hydrogens (tertiary/aromatic N) is 2. The van der Waals surface area contributed by atoms with Crippen molar-refractivity contribution in [3.63, 3.8) is 0 Å². The highest BCUT2D eigenvalue weighted by molar-refractivity contribution is 6.10. The summed E-state index contributed by atoms with van der Waals surface area (Å²) in [6, 6.07) is 67.0. The lowest BCUT2D eigenvalue weighted by Gasteiger charge is -2.26. The largest absolute Gasteiger partial charge is 0.456 e. The Morgan fingerprint density at radius 2 is 0.981 bits per heavy atom. The first-order chi connectivity index (χ1) is 25.7. The molecule has 2 heterocycles. The summed E-state index contributed by atoms with van der Waals surface area (Å²) in [5.74, 6) is 0. The molecule has 0 amide bonds. The molecule has 0 fully saturated rings. The number of rotatable bonds is 6. The SMILES string of the molecule is c1ccc(-c2cccc(N(c3cccc(-c4ccc(-c5cccc6ccccc56)cc4)c3)c3ccc4oc5cc6ncccc6cc5c4c3)c2)cc1. The second kappa shape index (κ2) is 12.4. The maximum atomic E-state index is 6.37. The van der Waals surface area contributed by atoms with Crippen LogP contribution in [-0.2, 0) is 0 Å². The zero-order valence-corrected chi connectivity index (χ0v) is 28.3. The molecule has 0 N–H and O–H groups in total. The standard InChI is InChI=1S/C49H32N2O/c1-2-10-33(11-3-1)37-14-6-17-40(28-37)51(42-25-26-48-46(31-42)45-30-39-16-9-27-50-47(39)32-49(45)52-48)41-18-7-15-38(29-41)34-21-23-36(24-22-34)44-20-8-13-35-12-4-5-19-43(35)44/h1-32H. The van der Waals surface area contributed by atoms with Gasteiger partial charge in [0, 0.05) is 45.5 Å². The molecule has 3 nitrogen and oxygen atoms in total. The quantitative estimate of drug-likeness (QED) is 0.177. The van der Waals surface area contributed by atoms with Crippen LogP contribution in [0.15, 0.2) is 199 Å². The first-order valence-corrected chi connectivity index (χ1v) is 17.6. The maximum absolute atomic E-state index is 6.37. The van der Waals surface area contributed by atoms with Crippen LogP contribution in [0.3, 0.4) is 0 Å². The second-order valence-electron chi connectivity index (χ2n) is 13.2. The minimum Gasteiger partial charge on any atom is -0.456 e. The van der Waals surface area contributed by atoms with E-state index in [0.29, 0.717) is 0 Å². The summed E-state index contributed by atoms with van der Waals surface area (Å²) in [5.41, 5.74) is 12.9. The molecule has 0 atom stereocenters. The Morgan fingerprint density at radius 3 is 1.79 bits per heavy atom. The Hall–Kier alpha value is -6.97. The van der Waals surface area contributed by atoms with Gasteiger partial charge < -0.3 is 9.32 Å². The van der Waals surface area contributed by atoms with Crippen LogP contribution in [0.2, 0.25) is 0 Å². The smallest absolute Gasteiger partial charge is 0.137 e. The van der Waals surface area contributed by atoms with Crippen molar-refractivity contribution < 1.29 is 4.42 Å². The summed E-state index contributed by atoms with van der Waals surface area (Å²) in [7, 11) is 0. The Kier molecular flexibility index (Phi) is 7.14. The van der Waals surface area contributed by atoms with Gasteiger partial charge in [-0.15, -0.1) is 0 Å². The van der Waals surface area contributed by atoms with Crippen LogP contribution in [0.1, 0.15) is 0 Å². The summed E-state index contributed by atoms with van der Waals surface area (Å²) in [5, 5.41) is 5.76. The highest BCUT2D eigenvalue weighted by Gasteiger charge is 2.18. The number of furan rings is 1. The topological polar surface area (TPSA) is 29.3 Å². The van der Waals surface area contributed by atoms with Gasteiger partial charge in [0.15, 0.2) is 0 Å². The van der Waals surface area contributed by atoms with Crippen LogP contribution in [0.4, 0.5) is 17.1 Å². The van der Waals surface area contributed by atoms with Gasteiger partial charge in [-0.2, -0.15) is 0 Å². The molecule has 0 aliphatic rings. The van der Waals surface area contributed by atoms with Crippen LogP contribution < -0.4 is 4.90 Å². The Balaban J connectivity index is 1.10. The molecule has 8 aromatic carbocycles. The number of aromatic nitrogens is 1. The molecule has 0 bridgehead atoms. The zero-order valence-electron chi connectivity index (χ0n) is 28.3. The molecule has 3 heteroatoms. The third-order valence-corrected chi connectivity index (χ3v) is 10.1. The minimum absolute atomic E-state index is 0.838. The average molecular weight is 665 g/mol. The van der Waals surface area contributed by atoms with Gasteiger partial charge in [-0.3, -0.25) is 4.98 Å². The molecule has 52 heavy (non-hydrogen) atoms. The monoisotopic (exact) mass is 664 g/mol. The summed E-state index contributed by atoms with van der Waals surface area (Å²) >= 11 is 0. The van der Waals surface area contributed by atoms with Gasteiger partial charge >= 0.3 is 0 Å². The van der Waals surface area contributed by atoms with Crippen LogP contribution in [0, 0.1) is 0 Å². The molecule has 0 saturated carbocycles. The number of pyridine rings is 1. The highest BCUT2D eigenvalue weighted by atomic mass is 16.3. The van der Waals surface area contributed by atoms with Crippen molar-refractivity contribution in [3.8, 4) is 33.4 Å². The van der Waals surface area contributed by atoms with Crippen molar-refractivity contribution >= 4 is 60.7 Å². The van der Waals surface area contributed by atoms with Gasteiger partial charge in [0.1, 0.15) is 11.2 Å².